The van der Waals surface area contributed by atoms with Crippen molar-refractivity contribution in [1.29, 1.82) is 0 Å². The van der Waals surface area contributed by atoms with Crippen LogP contribution in [0.3, 0.4) is 0 Å². The Morgan fingerprint density at radius 1 is 1.12 bits per heavy atom. The van der Waals surface area contributed by atoms with E-state index in [4.69, 9.17) is 0 Å². The van der Waals surface area contributed by atoms with Gasteiger partial charge in [-0.2, -0.15) is 13.2 Å². The Bertz CT molecular complexity index is 1120. The number of nitrogens with zero attached hydrogens (tertiary/aromatic N) is 1. The van der Waals surface area contributed by atoms with Gasteiger partial charge >= 0.3 is 12.1 Å². The lowest BCUT2D eigenvalue weighted by atomic mass is 9.89. The molecule has 0 aliphatic carbocycles. The minimum Gasteiger partial charge on any atom is -0.481 e. The Kier molecular flexibility index (Phi) is 6.22. The van der Waals surface area contributed by atoms with E-state index in [1.165, 1.54) is 0 Å². The summed E-state index contributed by atoms with van der Waals surface area (Å²) in [6.07, 6.45) is -5.96. The fraction of sp³-hybridized carbons (Fsp3) is 0.350. The van der Waals surface area contributed by atoms with Crippen molar-refractivity contribution in [3.8, 4) is 0 Å². The van der Waals surface area contributed by atoms with Crippen molar-refractivity contribution >= 4 is 21.7 Å². The maximum absolute atomic E-state index is 13.3. The Morgan fingerprint density at radius 2 is 1.75 bits per heavy atom. The molecule has 0 spiro atoms. The van der Waals surface area contributed by atoms with Crippen LogP contribution in [-0.4, -0.2) is 43.5 Å². The summed E-state index contributed by atoms with van der Waals surface area (Å²) in [7, 11) is -4.42. The van der Waals surface area contributed by atoms with Crippen LogP contribution in [0.2, 0.25) is 0 Å². The van der Waals surface area contributed by atoms with Gasteiger partial charge in [-0.1, -0.05) is 12.1 Å². The summed E-state index contributed by atoms with van der Waals surface area (Å²) in [4.78, 5) is 11.0. The highest BCUT2D eigenvalue weighted by Crippen LogP contribution is 2.43. The first-order valence-electron chi connectivity index (χ1n) is 9.31. The van der Waals surface area contributed by atoms with Crippen molar-refractivity contribution < 1.29 is 45.4 Å². The molecule has 32 heavy (non-hydrogen) atoms. The van der Waals surface area contributed by atoms with Crippen molar-refractivity contribution in [1.82, 2.24) is 0 Å². The molecule has 1 aliphatic heterocycles. The average molecular weight is 479 g/mol. The molecule has 174 valence electrons. The normalized spacial score (nSPS) is 18.7. The highest BCUT2D eigenvalue weighted by Gasteiger charge is 2.55. The Hall–Kier alpha value is -2.73. The zero-order valence-corrected chi connectivity index (χ0v) is 17.1. The SMILES string of the molecule is O=C(O)C[C@H]1CCc2cc(C(O)(CF)C(F)(F)F)ccc2N1S(=O)(=O)c1ccc(F)cc1. The van der Waals surface area contributed by atoms with E-state index in [1.807, 2.05) is 0 Å². The van der Waals surface area contributed by atoms with Crippen molar-refractivity contribution in [3.63, 3.8) is 0 Å². The highest BCUT2D eigenvalue weighted by molar-refractivity contribution is 7.92. The maximum atomic E-state index is 13.3. The van der Waals surface area contributed by atoms with Crippen molar-refractivity contribution in [2.75, 3.05) is 11.0 Å². The summed E-state index contributed by atoms with van der Waals surface area (Å²) >= 11 is 0. The van der Waals surface area contributed by atoms with Gasteiger partial charge in [0, 0.05) is 0 Å². The Labute approximate surface area is 180 Å². The minimum atomic E-state index is -5.32. The molecular weight excluding hydrogens is 461 g/mol. The summed E-state index contributed by atoms with van der Waals surface area (Å²) < 4.78 is 93.6. The molecule has 2 aromatic carbocycles. The van der Waals surface area contributed by atoms with Gasteiger partial charge in [0.05, 0.1) is 23.0 Å². The number of carbonyl (C=O) groups is 1. The summed E-state index contributed by atoms with van der Waals surface area (Å²) in [6, 6.07) is 5.30. The standard InChI is InChI=1S/C20H18F5NO5S/c21-11-19(29,20(23,24)25)13-2-8-17-12(9-13)1-5-15(10-18(27)28)26(17)32(30,31)16-6-3-14(22)4-7-16/h2-4,6-9,15,29H,1,5,10-11H2,(H,27,28)/t15-,19?/m1/s1. The molecule has 2 aromatic rings. The van der Waals surface area contributed by atoms with Crippen molar-refractivity contribution in [2.45, 2.75) is 42.0 Å². The lowest BCUT2D eigenvalue weighted by Crippen LogP contribution is -2.46. The quantitative estimate of drug-likeness (QED) is 0.619. The Morgan fingerprint density at radius 3 is 2.28 bits per heavy atom. The third-order valence-electron chi connectivity index (χ3n) is 5.32. The molecule has 0 aromatic heterocycles. The van der Waals surface area contributed by atoms with Crippen LogP contribution < -0.4 is 4.31 Å². The third-order valence-corrected chi connectivity index (χ3v) is 7.20. The zero-order chi connectivity index (χ0) is 23.9. The number of sulfonamides is 1. The minimum absolute atomic E-state index is 0.00319. The van der Waals surface area contributed by atoms with Crippen LogP contribution in [0.25, 0.3) is 0 Å². The number of aryl methyl sites for hydroxylation is 1. The van der Waals surface area contributed by atoms with Gasteiger partial charge in [-0.05, 0) is 54.3 Å². The van der Waals surface area contributed by atoms with Crippen LogP contribution in [0.5, 0.6) is 0 Å². The monoisotopic (exact) mass is 479 g/mol. The number of hydrogen-bond donors (Lipinski definition) is 2. The van der Waals surface area contributed by atoms with Crippen LogP contribution in [0.4, 0.5) is 27.6 Å². The number of anilines is 1. The third kappa shape index (κ3) is 4.16. The number of aliphatic carboxylic acids is 1. The molecule has 0 radical (unpaired) electrons. The Balaban J connectivity index is 2.15. The molecule has 0 saturated carbocycles. The summed E-state index contributed by atoms with van der Waals surface area (Å²) in [5.74, 6) is -1.99. The number of aliphatic hydroxyl groups is 1. The van der Waals surface area contributed by atoms with Crippen LogP contribution in [0, 0.1) is 5.82 Å². The van der Waals surface area contributed by atoms with E-state index in [1.54, 1.807) is 0 Å². The molecule has 2 N–H and O–H groups in total. The number of halogens is 5. The van der Waals surface area contributed by atoms with E-state index >= 15 is 0 Å². The first-order valence-corrected chi connectivity index (χ1v) is 10.8. The molecule has 0 fully saturated rings. The van der Waals surface area contributed by atoms with Gasteiger partial charge in [-0.3, -0.25) is 9.10 Å². The van der Waals surface area contributed by atoms with Crippen LogP contribution >= 0.6 is 0 Å². The fourth-order valence-corrected chi connectivity index (χ4v) is 5.36. The zero-order valence-electron chi connectivity index (χ0n) is 16.3. The highest BCUT2D eigenvalue weighted by atomic mass is 32.2. The van der Waals surface area contributed by atoms with E-state index in [9.17, 15) is 45.4 Å². The largest absolute Gasteiger partial charge is 0.481 e. The van der Waals surface area contributed by atoms with E-state index in [2.05, 4.69) is 0 Å². The lowest BCUT2D eigenvalue weighted by Gasteiger charge is -2.38. The molecular formula is C20H18F5NO5S. The topological polar surface area (TPSA) is 94.9 Å². The van der Waals surface area contributed by atoms with E-state index < -0.39 is 58.3 Å². The van der Waals surface area contributed by atoms with E-state index in [-0.39, 0.29) is 29.0 Å². The van der Waals surface area contributed by atoms with Gasteiger partial charge in [-0.15, -0.1) is 0 Å². The molecule has 1 unspecified atom stereocenters. The first kappa shape index (κ1) is 23.9. The number of hydrogen-bond acceptors (Lipinski definition) is 4. The molecule has 0 amide bonds. The second-order valence-corrected chi connectivity index (χ2v) is 9.20. The predicted molar refractivity (Wildman–Crippen MR) is 103 cm³/mol. The number of carboxylic acid groups (broad SMARTS) is 1. The second kappa shape index (κ2) is 8.32. The van der Waals surface area contributed by atoms with Crippen LogP contribution in [-0.2, 0) is 26.8 Å². The molecule has 12 heteroatoms. The van der Waals surface area contributed by atoms with Crippen molar-refractivity contribution in [2.24, 2.45) is 0 Å². The fourth-order valence-electron chi connectivity index (χ4n) is 3.64. The summed E-state index contributed by atoms with van der Waals surface area (Å²) in [5.41, 5.74) is -4.62. The molecule has 0 bridgehead atoms. The molecule has 1 aliphatic rings. The summed E-state index contributed by atoms with van der Waals surface area (Å²) in [6.45, 7) is -2.14. The molecule has 2 atom stereocenters. The number of rotatable bonds is 6. The van der Waals surface area contributed by atoms with Crippen molar-refractivity contribution in [3.05, 3.63) is 59.4 Å². The van der Waals surface area contributed by atoms with Gasteiger partial charge in [0.25, 0.3) is 10.0 Å². The number of fused-ring (bicyclic) bond motifs is 1. The number of alkyl halides is 4. The van der Waals surface area contributed by atoms with Gasteiger partial charge in [0.15, 0.2) is 0 Å². The number of carboxylic acids is 1. The lowest BCUT2D eigenvalue weighted by molar-refractivity contribution is -0.271. The van der Waals surface area contributed by atoms with Gasteiger partial charge < -0.3 is 10.2 Å². The molecule has 1 heterocycles. The van der Waals surface area contributed by atoms with E-state index in [0.29, 0.717) is 0 Å². The van der Waals surface area contributed by atoms with Crippen LogP contribution in [0.1, 0.15) is 24.0 Å². The van der Waals surface area contributed by atoms with E-state index in [0.717, 1.165) is 46.8 Å². The molecule has 0 saturated heterocycles. The molecule has 3 rings (SSSR count). The second-order valence-electron chi connectivity index (χ2n) is 7.38. The van der Waals surface area contributed by atoms with Crippen LogP contribution in [0.15, 0.2) is 47.4 Å². The predicted octanol–water partition coefficient (Wildman–Crippen LogP) is 3.53. The number of benzene rings is 2. The van der Waals surface area contributed by atoms with Gasteiger partial charge in [-0.25, -0.2) is 17.2 Å². The maximum Gasteiger partial charge on any atom is 0.424 e. The first-order chi connectivity index (χ1) is 14.8. The van der Waals surface area contributed by atoms with Gasteiger partial charge in [0.1, 0.15) is 12.5 Å². The van der Waals surface area contributed by atoms with Gasteiger partial charge in [0.2, 0.25) is 5.60 Å². The average Bonchev–Trinajstić information content (AvgIpc) is 2.71. The summed E-state index contributed by atoms with van der Waals surface area (Å²) in [5, 5.41) is 19.1. The smallest absolute Gasteiger partial charge is 0.424 e. The molecule has 6 nitrogen and oxygen atoms in total.